The minimum atomic E-state index is -1.17. The molecule has 100 heavy (non-hydrogen) atoms. The second kappa shape index (κ2) is 37.6. The number of benzene rings is 4. The summed E-state index contributed by atoms with van der Waals surface area (Å²) in [5.41, 5.74) is 10.1. The Labute approximate surface area is 590 Å². The van der Waals surface area contributed by atoms with Gasteiger partial charge in [-0.25, -0.2) is 24.2 Å². The smallest absolute Gasteiger partial charge is 0.410 e. The van der Waals surface area contributed by atoms with Crippen LogP contribution in [0.25, 0.3) is 11.1 Å². The fourth-order valence-corrected chi connectivity index (χ4v) is 13.1. The number of aromatic nitrogens is 1. The van der Waals surface area contributed by atoms with Crippen LogP contribution in [0.3, 0.4) is 0 Å². The van der Waals surface area contributed by atoms with Crippen LogP contribution in [0.1, 0.15) is 164 Å². The topological polar surface area (TPSA) is 348 Å². The summed E-state index contributed by atoms with van der Waals surface area (Å²) in [6.45, 7) is 19.9. The molecular formula is C74H101N11O14S. The molecule has 10 amide bonds. The molecule has 0 fully saturated rings. The summed E-state index contributed by atoms with van der Waals surface area (Å²) in [6.07, 6.45) is -1.58. The van der Waals surface area contributed by atoms with Gasteiger partial charge in [0.2, 0.25) is 23.6 Å². The standard InChI is InChI=1S/C74H101N11O14S/c1-14-36-85(58(43(3)4)38-59(99-71(94)76-12)67-81-57(42-100-67)64(87)79-50(39-74(10,11)69(91)92)37-47-24-17-16-18-25-47)68(90)61(46(9)15-2)82-66(89)62(45(7)8)84(13)73(96)98-40-48-31-33-49(34-32-48)78-63(86)56(30-23-35-77-70(75)93)80-65(88)60(44(5)6)83-72(95)97-41-55-53-28-21-19-26-51(53)52-27-20-22-29-54(52)55/h16-22,24-29,31-34,42-46,50,55-56,58-62H,14-15,23,30,35-41H2,1-13H3,(H,76,94)(H,78,86)(H,79,87)(H,80,88)(H,82,89)(H,83,95)(H,91,92)(H3,75,77,93)/t46-,50-,56-,58+,59+,60-,61-,62+/m0/s1. The minimum Gasteiger partial charge on any atom is -0.481 e. The molecule has 0 spiro atoms. The van der Waals surface area contributed by atoms with Crippen LogP contribution >= 0.6 is 11.3 Å². The van der Waals surface area contributed by atoms with Gasteiger partial charge in [0.25, 0.3) is 5.91 Å². The van der Waals surface area contributed by atoms with Crippen molar-refractivity contribution in [3.05, 3.63) is 141 Å². The highest BCUT2D eigenvalue weighted by Crippen LogP contribution is 2.44. The van der Waals surface area contributed by atoms with Gasteiger partial charge in [-0.1, -0.05) is 160 Å². The van der Waals surface area contributed by atoms with Crippen molar-refractivity contribution in [3.8, 4) is 11.1 Å². The minimum absolute atomic E-state index is 0.0262. The quantitative estimate of drug-likeness (QED) is 0.0133. The molecule has 8 atom stereocenters. The summed E-state index contributed by atoms with van der Waals surface area (Å²) in [6, 6.07) is 25.3. The second-order valence-electron chi connectivity index (χ2n) is 27.1. The van der Waals surface area contributed by atoms with E-state index in [9.17, 15) is 48.3 Å². The van der Waals surface area contributed by atoms with Gasteiger partial charge >= 0.3 is 30.3 Å². The average molecular weight is 1400 g/mol. The Morgan fingerprint density at radius 1 is 0.710 bits per heavy atom. The van der Waals surface area contributed by atoms with Crippen LogP contribution in [0.2, 0.25) is 0 Å². The normalized spacial score (nSPS) is 14.3. The first-order valence-electron chi connectivity index (χ1n) is 34.3. The third-order valence-electron chi connectivity index (χ3n) is 18.0. The highest BCUT2D eigenvalue weighted by atomic mass is 32.1. The van der Waals surface area contributed by atoms with E-state index in [0.717, 1.165) is 39.2 Å². The Balaban J connectivity index is 1.09. The number of nitrogens with two attached hydrogens (primary N) is 1. The molecule has 1 aliphatic rings. The lowest BCUT2D eigenvalue weighted by Crippen LogP contribution is -2.59. The van der Waals surface area contributed by atoms with Crippen LogP contribution in [0.4, 0.5) is 24.9 Å². The predicted molar refractivity (Wildman–Crippen MR) is 382 cm³/mol. The molecule has 26 heteroatoms. The van der Waals surface area contributed by atoms with E-state index in [-0.39, 0.29) is 80.4 Å². The number of fused-ring (bicyclic) bond motifs is 3. The molecule has 0 aliphatic heterocycles. The Hall–Kier alpha value is -9.59. The van der Waals surface area contributed by atoms with E-state index in [2.05, 4.69) is 42.2 Å². The lowest BCUT2D eigenvalue weighted by atomic mass is 9.84. The Morgan fingerprint density at radius 2 is 1.34 bits per heavy atom. The Kier molecular flexibility index (Phi) is 29.8. The fourth-order valence-electron chi connectivity index (χ4n) is 12.3. The number of thiazole rings is 1. The van der Waals surface area contributed by atoms with Gasteiger partial charge in [-0.2, -0.15) is 0 Å². The van der Waals surface area contributed by atoms with E-state index >= 15 is 4.79 Å². The molecular weight excluding hydrogens is 1300 g/mol. The van der Waals surface area contributed by atoms with Gasteiger partial charge in [0.1, 0.15) is 48.1 Å². The van der Waals surface area contributed by atoms with Gasteiger partial charge in [0.05, 0.1) is 5.41 Å². The maximum Gasteiger partial charge on any atom is 0.410 e. The molecule has 1 aromatic heterocycles. The van der Waals surface area contributed by atoms with E-state index in [4.69, 9.17) is 19.9 Å². The SMILES string of the molecule is CCCN(C(=O)[C@@H](NC(=O)[C@@H](C(C)C)N(C)C(=O)OCc1ccc(NC(=O)[C@H](CCCNC(N)=O)NC(=O)[C@@H](NC(=O)OCC2c3ccccc3-c3ccccc32)C(C)C)cc1)[C@@H](C)CC)[C@H](C[C@@H](OC(=O)NC)c1nc(C(=O)N[C@@H](Cc2ccccc2)CC(C)(C)C(=O)O)cs1)C(C)C. The lowest BCUT2D eigenvalue weighted by Gasteiger charge is -2.40. The molecule has 25 nitrogen and oxygen atoms in total. The first kappa shape index (κ1) is 79.4. The molecule has 0 saturated carbocycles. The van der Waals surface area contributed by atoms with Crippen LogP contribution in [-0.2, 0) is 51.2 Å². The summed E-state index contributed by atoms with van der Waals surface area (Å²) >= 11 is 1.10. The lowest BCUT2D eigenvalue weighted by molar-refractivity contribution is -0.147. The third kappa shape index (κ3) is 22.2. The number of likely N-dealkylation sites (N-methyl/N-ethyl adjacent to an activating group) is 1. The Morgan fingerprint density at radius 3 is 1.91 bits per heavy atom. The Bertz CT molecular complexity index is 3560. The van der Waals surface area contributed by atoms with E-state index < -0.39 is 119 Å². The van der Waals surface area contributed by atoms with Crippen molar-refractivity contribution < 1.29 is 67.3 Å². The summed E-state index contributed by atoms with van der Waals surface area (Å²) in [5.74, 6) is -5.51. The number of ether oxygens (including phenoxy) is 3. The number of carbonyl (C=O) groups is 10. The average Bonchev–Trinajstić information content (AvgIpc) is 1.61. The zero-order chi connectivity index (χ0) is 73.5. The molecule has 542 valence electrons. The monoisotopic (exact) mass is 1400 g/mol. The number of carboxylic acids is 1. The molecule has 0 bridgehead atoms. The van der Waals surface area contributed by atoms with Gasteiger partial charge in [0.15, 0.2) is 6.10 Å². The van der Waals surface area contributed by atoms with Gasteiger partial charge in [-0.3, -0.25) is 33.7 Å². The van der Waals surface area contributed by atoms with Gasteiger partial charge < -0.3 is 67.2 Å². The van der Waals surface area contributed by atoms with Gasteiger partial charge in [0, 0.05) is 62.7 Å². The van der Waals surface area contributed by atoms with Crippen molar-refractivity contribution in [2.75, 3.05) is 39.1 Å². The number of carbonyl (C=O) groups excluding carboxylic acids is 9. The molecule has 0 saturated heterocycles. The number of nitrogens with zero attached hydrogens (tertiary/aromatic N) is 3. The maximum absolute atomic E-state index is 15.3. The van der Waals surface area contributed by atoms with Gasteiger partial charge in [-0.05, 0) is 115 Å². The van der Waals surface area contributed by atoms with Crippen molar-refractivity contribution >= 4 is 76.8 Å². The van der Waals surface area contributed by atoms with Gasteiger partial charge in [-0.15, -0.1) is 11.3 Å². The van der Waals surface area contributed by atoms with E-state index in [1.165, 1.54) is 19.0 Å². The number of anilines is 1. The number of hydrogen-bond acceptors (Lipinski definition) is 15. The van der Waals surface area contributed by atoms with Crippen molar-refractivity contribution in [2.24, 2.45) is 34.8 Å². The number of primary amides is 1. The van der Waals surface area contributed by atoms with Crippen LogP contribution in [0, 0.1) is 29.1 Å². The van der Waals surface area contributed by atoms with E-state index in [1.54, 1.807) is 76.1 Å². The van der Waals surface area contributed by atoms with Crippen LogP contribution < -0.4 is 43.0 Å². The predicted octanol–water partition coefficient (Wildman–Crippen LogP) is 10.3. The molecule has 10 N–H and O–H groups in total. The third-order valence-corrected chi connectivity index (χ3v) is 18.9. The molecule has 5 aromatic rings. The molecule has 6 rings (SSSR count). The maximum atomic E-state index is 15.3. The number of alkyl carbamates (subject to hydrolysis) is 2. The van der Waals surface area contributed by atoms with Crippen molar-refractivity contribution in [1.29, 1.82) is 0 Å². The largest absolute Gasteiger partial charge is 0.481 e. The number of aliphatic carboxylic acids is 1. The van der Waals surface area contributed by atoms with E-state index in [0.29, 0.717) is 30.5 Å². The first-order valence-corrected chi connectivity index (χ1v) is 35.1. The highest BCUT2D eigenvalue weighted by molar-refractivity contribution is 7.09. The van der Waals surface area contributed by atoms with Crippen molar-refractivity contribution in [2.45, 2.75) is 176 Å². The molecule has 0 unspecified atom stereocenters. The fraction of sp³-hybridized carbons (Fsp3) is 0.500. The summed E-state index contributed by atoms with van der Waals surface area (Å²) in [7, 11) is 2.85. The van der Waals surface area contributed by atoms with Crippen molar-refractivity contribution in [1.82, 2.24) is 46.7 Å². The number of hydrogen-bond donors (Lipinski definition) is 9. The zero-order valence-corrected chi connectivity index (χ0v) is 60.5. The number of amides is 10. The first-order chi connectivity index (χ1) is 47.5. The second-order valence-corrected chi connectivity index (χ2v) is 28.0. The number of carboxylic acid groups (broad SMARTS) is 1. The summed E-state index contributed by atoms with van der Waals surface area (Å²) < 4.78 is 17.5. The number of nitrogens with one attached hydrogen (secondary N) is 7. The highest BCUT2D eigenvalue weighted by Gasteiger charge is 2.41. The summed E-state index contributed by atoms with van der Waals surface area (Å²) in [5, 5.41) is 31.1. The summed E-state index contributed by atoms with van der Waals surface area (Å²) in [4.78, 5) is 144. The number of urea groups is 1. The molecule has 1 aliphatic carbocycles. The van der Waals surface area contributed by atoms with E-state index in [1.807, 2.05) is 113 Å². The van der Waals surface area contributed by atoms with Crippen LogP contribution in [0.5, 0.6) is 0 Å². The van der Waals surface area contributed by atoms with Crippen LogP contribution in [0.15, 0.2) is 109 Å². The zero-order valence-electron chi connectivity index (χ0n) is 59.7. The molecule has 4 aromatic carbocycles. The number of rotatable bonds is 36. The molecule has 1 heterocycles. The van der Waals surface area contributed by atoms with Crippen molar-refractivity contribution in [3.63, 3.8) is 0 Å². The molecule has 0 radical (unpaired) electrons. The van der Waals surface area contributed by atoms with Crippen LogP contribution in [-0.4, -0.2) is 150 Å².